The number of anilines is 2. The first kappa shape index (κ1) is 40.0. The number of amides is 2. The van der Waals surface area contributed by atoms with Crippen LogP contribution < -0.4 is 15.5 Å². The lowest BCUT2D eigenvalue weighted by Gasteiger charge is -2.46. The van der Waals surface area contributed by atoms with Gasteiger partial charge in [0.15, 0.2) is 28.6 Å². The van der Waals surface area contributed by atoms with Crippen LogP contribution in [0.5, 0.6) is 0 Å². The molecule has 0 bridgehead atoms. The molecule has 0 aliphatic carbocycles. The molecule has 5 rings (SSSR count). The molecular weight excluding hydrogens is 726 g/mol. The molecule has 1 saturated heterocycles. The largest absolute Gasteiger partial charge is 0.444 e. The zero-order chi connectivity index (χ0) is 39.7. The van der Waals surface area contributed by atoms with E-state index in [9.17, 15) is 41.0 Å². The van der Waals surface area contributed by atoms with Gasteiger partial charge in [-0.3, -0.25) is 10.3 Å². The van der Waals surface area contributed by atoms with Crippen molar-refractivity contribution in [3.63, 3.8) is 0 Å². The number of nitrogens with one attached hydrogen (secondary N) is 2. The molecule has 3 aromatic heterocycles. The second-order valence-electron chi connectivity index (χ2n) is 14.8. The fourth-order valence-corrected chi connectivity index (χ4v) is 6.14. The van der Waals surface area contributed by atoms with E-state index in [1.165, 1.54) is 23.2 Å². The molecule has 0 spiro atoms. The van der Waals surface area contributed by atoms with Gasteiger partial charge < -0.3 is 29.4 Å². The van der Waals surface area contributed by atoms with E-state index in [4.69, 9.17) is 9.47 Å². The van der Waals surface area contributed by atoms with Crippen molar-refractivity contribution >= 4 is 34.9 Å². The molecule has 4 heterocycles. The van der Waals surface area contributed by atoms with Crippen molar-refractivity contribution in [2.24, 2.45) is 0 Å². The van der Waals surface area contributed by atoms with E-state index in [2.05, 4.69) is 30.6 Å². The van der Waals surface area contributed by atoms with Crippen molar-refractivity contribution in [3.8, 4) is 11.3 Å². The molecule has 1 aliphatic rings. The van der Waals surface area contributed by atoms with Gasteiger partial charge in [-0.2, -0.15) is 0 Å². The second-order valence-corrected chi connectivity index (χ2v) is 14.8. The highest BCUT2D eigenvalue weighted by Crippen LogP contribution is 2.37. The summed E-state index contributed by atoms with van der Waals surface area (Å²) in [7, 11) is 0. The Labute approximate surface area is 306 Å². The smallest absolute Gasteiger partial charge is 0.413 e. The highest BCUT2D eigenvalue weighted by Gasteiger charge is 2.48. The normalized spacial score (nSPS) is 17.2. The fraction of sp³-hybridized carbons (Fsp3) is 0.486. The van der Waals surface area contributed by atoms with E-state index in [-0.39, 0.29) is 60.8 Å². The lowest BCUT2D eigenvalue weighted by atomic mass is 9.83. The van der Waals surface area contributed by atoms with E-state index in [0.29, 0.717) is 17.7 Å². The first-order valence-corrected chi connectivity index (χ1v) is 16.8. The van der Waals surface area contributed by atoms with Gasteiger partial charge in [-0.05, 0) is 78.1 Å². The number of pyridine rings is 1. The summed E-state index contributed by atoms with van der Waals surface area (Å²) in [6.07, 6.45) is -6.72. The minimum absolute atomic E-state index is 0.0158. The van der Waals surface area contributed by atoms with Crippen molar-refractivity contribution in [2.75, 3.05) is 23.3 Å². The zero-order valence-electron chi connectivity index (χ0n) is 30.3. The van der Waals surface area contributed by atoms with Gasteiger partial charge in [0, 0.05) is 24.2 Å². The monoisotopic (exact) mass is 766 g/mol. The van der Waals surface area contributed by atoms with Crippen LogP contribution in [0.4, 0.5) is 47.4 Å². The summed E-state index contributed by atoms with van der Waals surface area (Å²) in [6, 6.07) is 2.34. The molecule has 292 valence electrons. The lowest BCUT2D eigenvalue weighted by Crippen LogP contribution is -2.67. The highest BCUT2D eigenvalue weighted by atomic mass is 19.3. The van der Waals surface area contributed by atoms with E-state index in [0.717, 1.165) is 6.33 Å². The van der Waals surface area contributed by atoms with Crippen LogP contribution in [-0.2, 0) is 16.0 Å². The van der Waals surface area contributed by atoms with Gasteiger partial charge in [-0.15, -0.1) is 0 Å². The number of ether oxygens (including phenoxy) is 2. The minimum atomic E-state index is -3.26. The van der Waals surface area contributed by atoms with Crippen LogP contribution in [0.2, 0.25) is 0 Å². The number of hydrogen-bond donors (Lipinski definition) is 3. The number of alkyl carbamates (subject to hydrolysis) is 1. The van der Waals surface area contributed by atoms with Gasteiger partial charge in [-0.25, -0.2) is 50.9 Å². The van der Waals surface area contributed by atoms with Gasteiger partial charge in [0.1, 0.15) is 23.6 Å². The van der Waals surface area contributed by atoms with Crippen molar-refractivity contribution in [3.05, 3.63) is 59.8 Å². The van der Waals surface area contributed by atoms with Gasteiger partial charge in [-0.1, -0.05) is 0 Å². The standard InChI is InChI=1S/C35H40F6N8O5/c1-33(2,3)53-31(51)46-29-25-30(44-16-43-29)49(17-45-25)14-18-10-23(19-11-21(36)22(37)12-20(19)27(38)39)42-13-24(18)48-9-7-8-35(15-48,26(50)28(40)41)47-32(52)54-34(4,5)6/h10-13,16-17,26-28,50H,7-9,14-15H2,1-6H3,(H,47,52)(H,43,44,46,51). The number of aromatic nitrogens is 5. The molecule has 54 heavy (non-hydrogen) atoms. The maximum absolute atomic E-state index is 14.5. The molecule has 13 nitrogen and oxygen atoms in total. The summed E-state index contributed by atoms with van der Waals surface area (Å²) in [5, 5.41) is 15.8. The predicted molar refractivity (Wildman–Crippen MR) is 184 cm³/mol. The number of halogens is 6. The van der Waals surface area contributed by atoms with E-state index < -0.39 is 70.6 Å². The first-order valence-electron chi connectivity index (χ1n) is 16.8. The summed E-state index contributed by atoms with van der Waals surface area (Å²) in [5.41, 5.74) is -4.19. The molecule has 3 N–H and O–H groups in total. The minimum Gasteiger partial charge on any atom is -0.444 e. The van der Waals surface area contributed by atoms with Crippen molar-refractivity contribution < 1.29 is 50.5 Å². The summed E-state index contributed by atoms with van der Waals surface area (Å²) in [4.78, 5) is 44.0. The first-order chi connectivity index (χ1) is 25.2. The van der Waals surface area contributed by atoms with E-state index in [1.54, 1.807) is 46.4 Å². The highest BCUT2D eigenvalue weighted by molar-refractivity contribution is 5.93. The molecule has 2 amide bonds. The third-order valence-corrected chi connectivity index (χ3v) is 8.35. The van der Waals surface area contributed by atoms with Crippen LogP contribution >= 0.6 is 0 Å². The third-order valence-electron chi connectivity index (χ3n) is 8.35. The molecule has 1 aromatic carbocycles. The molecule has 2 unspecified atom stereocenters. The Morgan fingerprint density at radius 1 is 0.944 bits per heavy atom. The van der Waals surface area contributed by atoms with Crippen LogP contribution in [0, 0.1) is 11.6 Å². The Bertz CT molecular complexity index is 2020. The summed E-state index contributed by atoms with van der Waals surface area (Å²) < 4.78 is 97.3. The average Bonchev–Trinajstić information content (AvgIpc) is 3.47. The van der Waals surface area contributed by atoms with E-state index >= 15 is 0 Å². The molecule has 1 fully saturated rings. The Balaban J connectivity index is 1.61. The number of piperidine rings is 1. The number of aliphatic hydroxyl groups excluding tert-OH is 1. The zero-order valence-corrected chi connectivity index (χ0v) is 30.3. The molecule has 4 aromatic rings. The maximum Gasteiger partial charge on any atom is 0.413 e. The van der Waals surface area contributed by atoms with Gasteiger partial charge >= 0.3 is 12.2 Å². The summed E-state index contributed by atoms with van der Waals surface area (Å²) in [6.45, 7) is 9.50. The Kier molecular flexibility index (Phi) is 11.3. The SMILES string of the molecule is CC(C)(C)OC(=O)Nc1ncnc2c1ncn2Cc1cc(-c2cc(F)c(F)cc2C(F)F)ncc1N1CCCC(NC(=O)OC(C)(C)C)(C(O)C(F)F)C1. The number of hydrogen-bond acceptors (Lipinski definition) is 10. The number of rotatable bonds is 9. The van der Waals surface area contributed by atoms with Crippen molar-refractivity contribution in [2.45, 2.75) is 96.6 Å². The van der Waals surface area contributed by atoms with Gasteiger partial charge in [0.25, 0.3) is 12.9 Å². The number of nitrogens with zero attached hydrogens (tertiary/aromatic N) is 6. The molecule has 0 radical (unpaired) electrons. The van der Waals surface area contributed by atoms with Crippen LogP contribution in [0.1, 0.15) is 71.9 Å². The lowest BCUT2D eigenvalue weighted by molar-refractivity contribution is -0.0664. The van der Waals surface area contributed by atoms with Gasteiger partial charge in [0.2, 0.25) is 0 Å². The van der Waals surface area contributed by atoms with E-state index in [1.807, 2.05) is 0 Å². The fourth-order valence-electron chi connectivity index (χ4n) is 6.14. The number of carbonyl (C=O) groups excluding carboxylic acids is 2. The molecule has 19 heteroatoms. The molecular formula is C35H40F6N8O5. The summed E-state index contributed by atoms with van der Waals surface area (Å²) in [5.74, 6) is -2.85. The predicted octanol–water partition coefficient (Wildman–Crippen LogP) is 6.99. The molecule has 2 atom stereocenters. The Morgan fingerprint density at radius 3 is 2.26 bits per heavy atom. The van der Waals surface area contributed by atoms with Crippen LogP contribution in [0.25, 0.3) is 22.4 Å². The van der Waals surface area contributed by atoms with Gasteiger partial charge in [0.05, 0.1) is 36.0 Å². The van der Waals surface area contributed by atoms with Crippen LogP contribution in [0.15, 0.2) is 37.1 Å². The molecule has 0 saturated carbocycles. The number of imidazole rings is 1. The quantitative estimate of drug-likeness (QED) is 0.152. The summed E-state index contributed by atoms with van der Waals surface area (Å²) >= 11 is 0. The van der Waals surface area contributed by atoms with Crippen LogP contribution in [-0.4, -0.2) is 84.2 Å². The number of aliphatic hydroxyl groups is 1. The number of carbonyl (C=O) groups is 2. The van der Waals surface area contributed by atoms with Crippen molar-refractivity contribution in [1.29, 1.82) is 0 Å². The average molecular weight is 767 g/mol. The third kappa shape index (κ3) is 9.11. The Morgan fingerprint density at radius 2 is 1.61 bits per heavy atom. The number of alkyl halides is 4. The van der Waals surface area contributed by atoms with Crippen molar-refractivity contribution in [1.82, 2.24) is 29.8 Å². The maximum atomic E-state index is 14.5. The van der Waals surface area contributed by atoms with Crippen LogP contribution in [0.3, 0.4) is 0 Å². The number of benzene rings is 1. The number of fused-ring (bicyclic) bond motifs is 1. The Hall–Kier alpha value is -5.20. The second kappa shape index (κ2) is 15.3. The molecule has 1 aliphatic heterocycles. The topological polar surface area (TPSA) is 157 Å².